The zero-order valence-corrected chi connectivity index (χ0v) is 16.3. The van der Waals surface area contributed by atoms with Crippen LogP contribution >= 0.6 is 0 Å². The summed E-state index contributed by atoms with van der Waals surface area (Å²) in [6, 6.07) is 6.19. The average Bonchev–Trinajstić information content (AvgIpc) is 3.28. The van der Waals surface area contributed by atoms with Gasteiger partial charge in [-0.25, -0.2) is 4.79 Å². The Morgan fingerprint density at radius 3 is 2.52 bits per heavy atom. The second-order valence-electron chi connectivity index (χ2n) is 7.73. The van der Waals surface area contributed by atoms with Gasteiger partial charge in [-0.05, 0) is 57.9 Å². The number of hydrogen-bond acceptors (Lipinski definition) is 6. The molecule has 1 atom stereocenters. The highest BCUT2D eigenvalue weighted by Gasteiger charge is 2.38. The van der Waals surface area contributed by atoms with Gasteiger partial charge in [-0.15, -0.1) is 0 Å². The molecule has 1 amide bonds. The van der Waals surface area contributed by atoms with Crippen LogP contribution in [0.1, 0.15) is 39.5 Å². The maximum atomic E-state index is 12.6. The molecule has 158 valence electrons. The van der Waals surface area contributed by atoms with Crippen LogP contribution in [0.3, 0.4) is 0 Å². The second-order valence-corrected chi connectivity index (χ2v) is 7.73. The van der Waals surface area contributed by atoms with Crippen molar-refractivity contribution in [3.8, 4) is 17.1 Å². The van der Waals surface area contributed by atoms with Crippen LogP contribution in [0.25, 0.3) is 11.4 Å². The van der Waals surface area contributed by atoms with Crippen LogP contribution in [0.15, 0.2) is 28.8 Å². The van der Waals surface area contributed by atoms with Crippen LogP contribution in [0.4, 0.5) is 18.0 Å². The quantitative estimate of drug-likeness (QED) is 0.733. The molecule has 2 heterocycles. The number of halogens is 3. The second kappa shape index (κ2) is 7.92. The fourth-order valence-corrected chi connectivity index (χ4v) is 2.92. The molecule has 7 nitrogen and oxygen atoms in total. The van der Waals surface area contributed by atoms with E-state index in [2.05, 4.69) is 14.7 Å². The molecule has 29 heavy (non-hydrogen) atoms. The van der Waals surface area contributed by atoms with Crippen LogP contribution in [0.5, 0.6) is 5.75 Å². The van der Waals surface area contributed by atoms with Crippen molar-refractivity contribution in [2.24, 2.45) is 0 Å². The van der Waals surface area contributed by atoms with Gasteiger partial charge >= 0.3 is 18.2 Å². The number of carbonyl (C=O) groups is 1. The Labute approximate surface area is 165 Å². The van der Waals surface area contributed by atoms with Gasteiger partial charge in [0.25, 0.3) is 0 Å². The predicted octanol–water partition coefficient (Wildman–Crippen LogP) is 4.53. The van der Waals surface area contributed by atoms with Gasteiger partial charge in [-0.3, -0.25) is 0 Å². The molecule has 1 saturated heterocycles. The molecule has 0 spiro atoms. The van der Waals surface area contributed by atoms with E-state index in [1.807, 2.05) is 20.8 Å². The topological polar surface area (TPSA) is 77.7 Å². The summed E-state index contributed by atoms with van der Waals surface area (Å²) in [5.41, 5.74) is -0.199. The minimum atomic E-state index is -4.68. The van der Waals surface area contributed by atoms with Crippen molar-refractivity contribution in [1.29, 1.82) is 0 Å². The smallest absolute Gasteiger partial charge is 0.471 e. The lowest BCUT2D eigenvalue weighted by atomic mass is 10.2. The molecular formula is C19H22F3N3O4. The fourth-order valence-electron chi connectivity index (χ4n) is 2.92. The van der Waals surface area contributed by atoms with E-state index in [-0.39, 0.29) is 18.0 Å². The van der Waals surface area contributed by atoms with E-state index >= 15 is 0 Å². The number of nitrogens with zero attached hydrogens (tertiary/aromatic N) is 3. The summed E-state index contributed by atoms with van der Waals surface area (Å²) >= 11 is 0. The number of hydrogen-bond donors (Lipinski definition) is 0. The Kier molecular flexibility index (Phi) is 5.72. The molecule has 10 heteroatoms. The third-order valence-electron chi connectivity index (χ3n) is 4.23. The standard InChI is InChI=1S/C19H22F3N3O4/c1-18(2,3)28-17(26)25-10-4-5-13(25)11-27-14-8-6-12(7-9-14)15-23-16(29-24-15)19(20,21)22/h6-9,13H,4-5,10-11H2,1-3H3/t13-/m0/s1. The lowest BCUT2D eigenvalue weighted by molar-refractivity contribution is -0.159. The number of amides is 1. The molecule has 1 aliphatic heterocycles. The Morgan fingerprint density at radius 1 is 1.24 bits per heavy atom. The van der Waals surface area contributed by atoms with Gasteiger partial charge < -0.3 is 18.9 Å². The molecule has 0 N–H and O–H groups in total. The number of alkyl halides is 3. The molecule has 0 unspecified atom stereocenters. The number of aromatic nitrogens is 2. The molecule has 1 aromatic carbocycles. The molecule has 0 bridgehead atoms. The van der Waals surface area contributed by atoms with E-state index in [1.54, 1.807) is 29.2 Å². The van der Waals surface area contributed by atoms with Gasteiger partial charge in [0.05, 0.1) is 6.04 Å². The summed E-state index contributed by atoms with van der Waals surface area (Å²) in [6.45, 7) is 6.35. The van der Waals surface area contributed by atoms with Crippen molar-refractivity contribution in [3.63, 3.8) is 0 Å². The molecule has 1 fully saturated rings. The minimum Gasteiger partial charge on any atom is -0.491 e. The monoisotopic (exact) mass is 413 g/mol. The Morgan fingerprint density at radius 2 is 1.93 bits per heavy atom. The molecule has 1 aliphatic rings. The molecule has 0 aliphatic carbocycles. The van der Waals surface area contributed by atoms with Crippen molar-refractivity contribution in [3.05, 3.63) is 30.2 Å². The first-order chi connectivity index (χ1) is 13.5. The van der Waals surface area contributed by atoms with Crippen LogP contribution in [-0.4, -0.2) is 45.9 Å². The number of rotatable bonds is 4. The first-order valence-corrected chi connectivity index (χ1v) is 9.17. The van der Waals surface area contributed by atoms with Gasteiger partial charge in [-0.1, -0.05) is 5.16 Å². The highest BCUT2D eigenvalue weighted by atomic mass is 19.4. The molecule has 0 radical (unpaired) electrons. The molecule has 3 rings (SSSR count). The maximum Gasteiger partial charge on any atom is 0.471 e. The normalized spacial score (nSPS) is 17.4. The lowest BCUT2D eigenvalue weighted by Gasteiger charge is -2.28. The van der Waals surface area contributed by atoms with Gasteiger partial charge in [0.1, 0.15) is 18.0 Å². The maximum absolute atomic E-state index is 12.6. The summed E-state index contributed by atoms with van der Waals surface area (Å²) in [5.74, 6) is -1.03. The van der Waals surface area contributed by atoms with Crippen LogP contribution in [0.2, 0.25) is 0 Å². The summed E-state index contributed by atoms with van der Waals surface area (Å²) in [6.07, 6.45) is -3.38. The van der Waals surface area contributed by atoms with Crippen molar-refractivity contribution in [2.75, 3.05) is 13.2 Å². The van der Waals surface area contributed by atoms with Crippen molar-refractivity contribution >= 4 is 6.09 Å². The van der Waals surface area contributed by atoms with E-state index < -0.39 is 17.7 Å². The number of carbonyl (C=O) groups excluding carboxylic acids is 1. The van der Waals surface area contributed by atoms with Crippen LogP contribution in [0, 0.1) is 0 Å². The zero-order valence-electron chi connectivity index (χ0n) is 16.3. The third kappa shape index (κ3) is 5.39. The highest BCUT2D eigenvalue weighted by molar-refractivity contribution is 5.69. The molecule has 1 aromatic heterocycles. The van der Waals surface area contributed by atoms with E-state index in [1.165, 1.54) is 0 Å². The highest BCUT2D eigenvalue weighted by Crippen LogP contribution is 2.30. The van der Waals surface area contributed by atoms with Crippen LogP contribution < -0.4 is 4.74 Å². The van der Waals surface area contributed by atoms with E-state index in [0.29, 0.717) is 24.5 Å². The Bertz CT molecular complexity index is 844. The molecular weight excluding hydrogens is 391 g/mol. The van der Waals surface area contributed by atoms with E-state index in [4.69, 9.17) is 9.47 Å². The summed E-state index contributed by atoms with van der Waals surface area (Å²) in [7, 11) is 0. The minimum absolute atomic E-state index is 0.101. The molecule has 0 saturated carbocycles. The summed E-state index contributed by atoms with van der Waals surface area (Å²) in [5, 5.41) is 3.35. The van der Waals surface area contributed by atoms with Crippen molar-refractivity contribution in [2.45, 2.75) is 51.4 Å². The average molecular weight is 413 g/mol. The first kappa shape index (κ1) is 20.9. The van der Waals surface area contributed by atoms with Crippen molar-refractivity contribution in [1.82, 2.24) is 15.0 Å². The Balaban J connectivity index is 1.59. The van der Waals surface area contributed by atoms with Crippen LogP contribution in [-0.2, 0) is 10.9 Å². The van der Waals surface area contributed by atoms with E-state index in [9.17, 15) is 18.0 Å². The van der Waals surface area contributed by atoms with E-state index in [0.717, 1.165) is 12.8 Å². The SMILES string of the molecule is CC(C)(C)OC(=O)N1CCC[C@H]1COc1ccc(-c2noc(C(F)(F)F)n2)cc1. The van der Waals surface area contributed by atoms with Gasteiger partial charge in [0.2, 0.25) is 5.82 Å². The van der Waals surface area contributed by atoms with Crippen molar-refractivity contribution < 1.29 is 32.0 Å². The van der Waals surface area contributed by atoms with Gasteiger partial charge in [-0.2, -0.15) is 18.2 Å². The van der Waals surface area contributed by atoms with Gasteiger partial charge in [0, 0.05) is 12.1 Å². The lowest BCUT2D eigenvalue weighted by Crippen LogP contribution is -2.42. The third-order valence-corrected chi connectivity index (χ3v) is 4.23. The zero-order chi connectivity index (χ0) is 21.2. The number of likely N-dealkylation sites (tertiary alicyclic amines) is 1. The number of benzene rings is 1. The first-order valence-electron chi connectivity index (χ1n) is 9.17. The fraction of sp³-hybridized carbons (Fsp3) is 0.526. The Hall–Kier alpha value is -2.78. The summed E-state index contributed by atoms with van der Waals surface area (Å²) in [4.78, 5) is 17.3. The summed E-state index contributed by atoms with van der Waals surface area (Å²) < 4.78 is 53.1. The largest absolute Gasteiger partial charge is 0.491 e. The predicted molar refractivity (Wildman–Crippen MR) is 96.2 cm³/mol. The molecule has 2 aromatic rings. The van der Waals surface area contributed by atoms with Gasteiger partial charge in [0.15, 0.2) is 0 Å². The number of ether oxygens (including phenoxy) is 2.